The first-order valence-corrected chi connectivity index (χ1v) is 26.4. The summed E-state index contributed by atoms with van der Waals surface area (Å²) in [5.41, 5.74) is 2.92. The number of fused-ring (bicyclic) bond motifs is 2. The van der Waals surface area contributed by atoms with Crippen LogP contribution in [0.1, 0.15) is 118 Å². The van der Waals surface area contributed by atoms with E-state index in [0.717, 1.165) is 56.7 Å². The molecular weight excluding hydrogens is 918 g/mol. The Balaban J connectivity index is 0.833. The van der Waals surface area contributed by atoms with E-state index >= 15 is 0 Å². The van der Waals surface area contributed by atoms with Crippen LogP contribution in [0.25, 0.3) is 11.0 Å². The zero-order valence-electron chi connectivity index (χ0n) is 39.5. The zero-order valence-corrected chi connectivity index (χ0v) is 40.4. The summed E-state index contributed by atoms with van der Waals surface area (Å²) in [4.78, 5) is 37.7. The highest BCUT2D eigenvalue weighted by Gasteiger charge is 2.50. The van der Waals surface area contributed by atoms with E-state index in [2.05, 4.69) is 54.1 Å². The van der Waals surface area contributed by atoms with Crippen molar-refractivity contribution in [3.63, 3.8) is 0 Å². The van der Waals surface area contributed by atoms with Crippen molar-refractivity contribution in [2.45, 2.75) is 119 Å². The number of amides is 1. The van der Waals surface area contributed by atoms with Gasteiger partial charge in [-0.2, -0.15) is 4.98 Å². The lowest BCUT2D eigenvalue weighted by molar-refractivity contribution is -0.384. The average molecular weight is 978 g/mol. The van der Waals surface area contributed by atoms with E-state index in [-0.39, 0.29) is 76.0 Å². The van der Waals surface area contributed by atoms with Gasteiger partial charge < -0.3 is 34.5 Å². The molecule has 1 amide bonds. The molecule has 3 aliphatic heterocycles. The molecule has 0 unspecified atom stereocenters. The number of anilines is 2. The number of pyridine rings is 1. The summed E-state index contributed by atoms with van der Waals surface area (Å²) in [7, 11) is -4.75. The second-order valence-electron chi connectivity index (χ2n) is 20.8. The van der Waals surface area contributed by atoms with Crippen molar-refractivity contribution in [3.05, 3.63) is 99.5 Å². The average Bonchev–Trinajstić information content (AvgIpc) is 3.97. The number of hydrogen-bond acceptors (Lipinski definition) is 13. The van der Waals surface area contributed by atoms with Crippen LogP contribution in [0.4, 0.5) is 21.5 Å². The third-order valence-electron chi connectivity index (χ3n) is 16.1. The molecule has 3 aromatic carbocycles. The Morgan fingerprint density at radius 1 is 1.00 bits per heavy atom. The predicted molar refractivity (Wildman–Crippen MR) is 261 cm³/mol. The van der Waals surface area contributed by atoms with Crippen LogP contribution in [0.15, 0.2) is 71.8 Å². The van der Waals surface area contributed by atoms with Gasteiger partial charge in [0.2, 0.25) is 0 Å². The number of H-pyrrole nitrogens is 1. The van der Waals surface area contributed by atoms with Gasteiger partial charge in [-0.3, -0.25) is 19.8 Å². The van der Waals surface area contributed by atoms with Crippen LogP contribution in [-0.4, -0.2) is 96.3 Å². The normalized spacial score (nSPS) is 25.4. The van der Waals surface area contributed by atoms with Gasteiger partial charge in [0, 0.05) is 68.4 Å². The Kier molecular flexibility index (Phi) is 11.9. The Hall–Kier alpha value is -5.98. The van der Waals surface area contributed by atoms with E-state index < -0.39 is 42.9 Å². The smallest absolute Gasteiger partial charge is 0.297 e. The predicted octanol–water partition coefficient (Wildman–Crippen LogP) is 9.15. The number of nitrogens with one attached hydrogen (secondary N) is 3. The Bertz CT molecular complexity index is 2950. The third kappa shape index (κ3) is 8.91. The number of likely N-dealkylation sites (tertiary alicyclic amines) is 1. The number of rotatable bonds is 13. The van der Waals surface area contributed by atoms with Gasteiger partial charge in [-0.15, -0.1) is 0 Å². The summed E-state index contributed by atoms with van der Waals surface area (Å²) in [5.74, 6) is -0.283. The SMILES string of the molecule is CCOc1nc2[nH]cc(F)c2cc1Oc1cc(N2CCC3(CC2)CN([C@H]2CCC[C@H]2c2ccccc2C2CC2)C3)ccc1C(=O)NS(=O)(=O)c1cc2c(c([N+](=O)[O-])c1)N[C@@H]([C@H]1CC[C@](C)(O)CC1)CO2. The molecule has 70 heavy (non-hydrogen) atoms. The molecule has 5 fully saturated rings. The maximum atomic E-state index is 14.9. The van der Waals surface area contributed by atoms with Crippen molar-refractivity contribution in [2.75, 3.05) is 49.6 Å². The number of benzene rings is 3. The number of carbonyl (C=O) groups is 1. The summed E-state index contributed by atoms with van der Waals surface area (Å²) >= 11 is 0. The van der Waals surface area contributed by atoms with Crippen molar-refractivity contribution in [3.8, 4) is 23.1 Å². The van der Waals surface area contributed by atoms with Crippen LogP contribution in [0.5, 0.6) is 23.1 Å². The van der Waals surface area contributed by atoms with Gasteiger partial charge in [0.05, 0.1) is 39.0 Å². The van der Waals surface area contributed by atoms with Crippen LogP contribution >= 0.6 is 0 Å². The monoisotopic (exact) mass is 977 g/mol. The minimum Gasteiger partial charge on any atom is -0.489 e. The van der Waals surface area contributed by atoms with Gasteiger partial charge in [0.1, 0.15) is 23.8 Å². The number of nitro benzene ring substituents is 1. The molecule has 6 aliphatic rings. The molecule has 3 aliphatic carbocycles. The van der Waals surface area contributed by atoms with Crippen molar-refractivity contribution in [2.24, 2.45) is 11.3 Å². The first-order chi connectivity index (χ1) is 33.7. The quantitative estimate of drug-likeness (QED) is 0.0643. The highest BCUT2D eigenvalue weighted by Crippen LogP contribution is 2.51. The minimum absolute atomic E-state index is 0.00547. The van der Waals surface area contributed by atoms with Crippen molar-refractivity contribution in [1.82, 2.24) is 19.6 Å². The highest BCUT2D eigenvalue weighted by atomic mass is 32.2. The van der Waals surface area contributed by atoms with E-state index in [4.69, 9.17) is 14.2 Å². The van der Waals surface area contributed by atoms with Crippen molar-refractivity contribution >= 4 is 44.0 Å². The lowest BCUT2D eigenvalue weighted by atomic mass is 9.70. The fourth-order valence-electron chi connectivity index (χ4n) is 12.0. The molecule has 5 heterocycles. The first kappa shape index (κ1) is 46.4. The first-order valence-electron chi connectivity index (χ1n) is 24.9. The van der Waals surface area contributed by atoms with Crippen LogP contribution < -0.4 is 29.1 Å². The van der Waals surface area contributed by atoms with Gasteiger partial charge in [0.15, 0.2) is 17.2 Å². The number of aromatic nitrogens is 2. The number of ether oxygens (including phenoxy) is 3. The summed E-state index contributed by atoms with van der Waals surface area (Å²) in [5, 5.41) is 26.3. The largest absolute Gasteiger partial charge is 0.489 e. The number of hydrogen-bond donors (Lipinski definition) is 4. The molecule has 3 saturated carbocycles. The van der Waals surface area contributed by atoms with Crippen molar-refractivity contribution in [1.29, 1.82) is 0 Å². The van der Waals surface area contributed by atoms with Crippen LogP contribution in [-0.2, 0) is 10.0 Å². The van der Waals surface area contributed by atoms with Gasteiger partial charge in [0.25, 0.3) is 27.5 Å². The molecule has 3 atom stereocenters. The van der Waals surface area contributed by atoms with E-state index in [1.165, 1.54) is 56.5 Å². The number of nitro groups is 1. The minimum atomic E-state index is -4.75. The van der Waals surface area contributed by atoms with Crippen LogP contribution in [0, 0.1) is 27.3 Å². The maximum absolute atomic E-state index is 14.9. The Labute approximate surface area is 406 Å². The highest BCUT2D eigenvalue weighted by molar-refractivity contribution is 7.90. The lowest BCUT2D eigenvalue weighted by Crippen LogP contribution is -2.63. The van der Waals surface area contributed by atoms with E-state index in [1.54, 1.807) is 37.1 Å². The molecule has 1 spiro atoms. The van der Waals surface area contributed by atoms with Gasteiger partial charge in [-0.1, -0.05) is 30.7 Å². The number of halogens is 1. The summed E-state index contributed by atoms with van der Waals surface area (Å²) in [6.07, 6.45) is 12.0. The summed E-state index contributed by atoms with van der Waals surface area (Å²) in [6, 6.07) is 17.8. The van der Waals surface area contributed by atoms with Crippen molar-refractivity contribution < 1.29 is 41.8 Å². The molecule has 2 saturated heterocycles. The topological polar surface area (TPSA) is 201 Å². The summed E-state index contributed by atoms with van der Waals surface area (Å²) in [6.45, 7) is 7.54. The zero-order chi connectivity index (χ0) is 48.5. The van der Waals surface area contributed by atoms with Gasteiger partial charge >= 0.3 is 0 Å². The van der Waals surface area contributed by atoms with E-state index in [1.807, 2.05) is 0 Å². The molecule has 4 N–H and O–H groups in total. The van der Waals surface area contributed by atoms with Crippen LogP contribution in [0.2, 0.25) is 0 Å². The maximum Gasteiger partial charge on any atom is 0.297 e. The van der Waals surface area contributed by atoms with E-state index in [9.17, 15) is 32.8 Å². The number of piperidine rings is 1. The van der Waals surface area contributed by atoms with Gasteiger partial charge in [-0.25, -0.2) is 17.5 Å². The standard InChI is InChI=1S/C52H60FN7O9S/c1-3-67-50-46(26-39-40(53)27-54-48(39)56-50)69-44-23-33(58-21-19-52(20-22-58)29-59(30-52)42-10-6-9-37(42)36-8-5-4-7-35(36)31-11-12-31)13-14-38(44)49(61)57-70(65,66)34-24-43(60(63)64)47-45(25-34)68-28-41(55-47)32-15-17-51(2,62)18-16-32/h4-5,7-8,13-14,23-27,31-32,37,41-42,55,62H,3,6,9-12,15-22,28-30H2,1-2H3,(H,54,56)(H,57,61)/t32-,37-,41+,42-,51-/m0/s1. The molecule has 11 rings (SSSR count). The molecule has 0 radical (unpaired) electrons. The second kappa shape index (κ2) is 18.0. The molecule has 0 bridgehead atoms. The number of aliphatic hydroxyl groups is 1. The van der Waals surface area contributed by atoms with Gasteiger partial charge in [-0.05, 0) is 124 Å². The fourth-order valence-corrected chi connectivity index (χ4v) is 13.0. The fraction of sp³-hybridized carbons (Fsp3) is 0.500. The summed E-state index contributed by atoms with van der Waals surface area (Å²) < 4.78 is 63.4. The second-order valence-corrected chi connectivity index (χ2v) is 22.5. The Morgan fingerprint density at radius 3 is 2.49 bits per heavy atom. The number of nitrogens with zero attached hydrogens (tertiary/aromatic N) is 4. The van der Waals surface area contributed by atoms with E-state index in [0.29, 0.717) is 37.6 Å². The molecule has 370 valence electrons. The van der Waals surface area contributed by atoms with Crippen LogP contribution in [0.3, 0.4) is 0 Å². The molecule has 2 aromatic heterocycles. The Morgan fingerprint density at radius 2 is 1.76 bits per heavy atom. The molecular formula is C52H60FN7O9S. The molecule has 5 aromatic rings. The lowest BCUT2D eigenvalue weighted by Gasteiger charge is -2.57. The third-order valence-corrected chi connectivity index (χ3v) is 17.4. The number of carbonyl (C=O) groups excluding carboxylic acids is 1. The molecule has 16 nitrogen and oxygen atoms in total. The number of sulfonamides is 1. The molecule has 18 heteroatoms. The number of aromatic amines is 1.